The molecule has 1 aliphatic carbocycles. The van der Waals surface area contributed by atoms with E-state index in [-0.39, 0.29) is 12.5 Å². The average Bonchev–Trinajstić information content (AvgIpc) is 2.27. The lowest BCUT2D eigenvalue weighted by atomic mass is 9.88. The second kappa shape index (κ2) is 8.02. The molecule has 0 spiro atoms. The standard InChI is InChI=1S/C14H26N2O3/c1-10(2)11(6-7-13(17)18)8-9-15-14(19)16-12-4-3-5-12/h10-12H,3-9H2,1-2H3,(H,17,18)(H2,15,16,19). The Morgan fingerprint density at radius 1 is 1.26 bits per heavy atom. The molecule has 3 N–H and O–H groups in total. The molecule has 1 atom stereocenters. The number of carboxylic acids is 1. The summed E-state index contributed by atoms with van der Waals surface area (Å²) in [4.78, 5) is 22.1. The summed E-state index contributed by atoms with van der Waals surface area (Å²) >= 11 is 0. The van der Waals surface area contributed by atoms with Crippen molar-refractivity contribution in [1.82, 2.24) is 10.6 Å². The number of carboxylic acid groups (broad SMARTS) is 1. The van der Waals surface area contributed by atoms with Gasteiger partial charge in [-0.1, -0.05) is 13.8 Å². The topological polar surface area (TPSA) is 78.4 Å². The molecule has 0 aromatic carbocycles. The van der Waals surface area contributed by atoms with Crippen LogP contribution in [0.1, 0.15) is 52.4 Å². The highest BCUT2D eigenvalue weighted by atomic mass is 16.4. The highest BCUT2D eigenvalue weighted by Gasteiger charge is 2.19. The van der Waals surface area contributed by atoms with Crippen LogP contribution in [0.5, 0.6) is 0 Å². The lowest BCUT2D eigenvalue weighted by molar-refractivity contribution is -0.137. The van der Waals surface area contributed by atoms with E-state index in [4.69, 9.17) is 5.11 Å². The molecule has 0 radical (unpaired) electrons. The third-order valence-electron chi connectivity index (χ3n) is 3.91. The van der Waals surface area contributed by atoms with Crippen LogP contribution in [-0.4, -0.2) is 29.7 Å². The van der Waals surface area contributed by atoms with Crippen LogP contribution >= 0.6 is 0 Å². The molecule has 1 fully saturated rings. The highest BCUT2D eigenvalue weighted by molar-refractivity contribution is 5.74. The molecule has 2 amide bonds. The first-order valence-corrected chi connectivity index (χ1v) is 7.25. The molecule has 0 aromatic rings. The van der Waals surface area contributed by atoms with Gasteiger partial charge in [0.15, 0.2) is 0 Å². The number of carbonyl (C=O) groups excluding carboxylic acids is 1. The normalized spacial score (nSPS) is 16.8. The fourth-order valence-electron chi connectivity index (χ4n) is 2.28. The van der Waals surface area contributed by atoms with E-state index in [2.05, 4.69) is 24.5 Å². The molecule has 0 heterocycles. The molecule has 0 aliphatic heterocycles. The van der Waals surface area contributed by atoms with Gasteiger partial charge < -0.3 is 15.7 Å². The fraction of sp³-hybridized carbons (Fsp3) is 0.857. The Kier molecular flexibility index (Phi) is 6.67. The van der Waals surface area contributed by atoms with Crippen LogP contribution < -0.4 is 10.6 Å². The van der Waals surface area contributed by atoms with Crippen molar-refractivity contribution in [3.63, 3.8) is 0 Å². The van der Waals surface area contributed by atoms with Crippen LogP contribution in [-0.2, 0) is 4.79 Å². The predicted octanol–water partition coefficient (Wildman–Crippen LogP) is 2.37. The van der Waals surface area contributed by atoms with Gasteiger partial charge in [0.2, 0.25) is 0 Å². The summed E-state index contributed by atoms with van der Waals surface area (Å²) in [6, 6.07) is 0.262. The Labute approximate surface area is 115 Å². The van der Waals surface area contributed by atoms with E-state index < -0.39 is 5.97 Å². The summed E-state index contributed by atoms with van der Waals surface area (Å²) in [5.41, 5.74) is 0. The number of nitrogens with one attached hydrogen (secondary N) is 2. The molecular weight excluding hydrogens is 244 g/mol. The van der Waals surface area contributed by atoms with Gasteiger partial charge in [-0.05, 0) is 43.9 Å². The van der Waals surface area contributed by atoms with Crippen LogP contribution in [0.4, 0.5) is 4.79 Å². The second-order valence-corrected chi connectivity index (χ2v) is 5.75. The molecule has 0 saturated heterocycles. The Morgan fingerprint density at radius 3 is 2.42 bits per heavy atom. The molecule has 5 heteroatoms. The maximum Gasteiger partial charge on any atom is 0.315 e. The van der Waals surface area contributed by atoms with Gasteiger partial charge in [0, 0.05) is 19.0 Å². The van der Waals surface area contributed by atoms with E-state index in [0.29, 0.717) is 30.8 Å². The largest absolute Gasteiger partial charge is 0.481 e. The zero-order valence-corrected chi connectivity index (χ0v) is 11.9. The summed E-state index contributed by atoms with van der Waals surface area (Å²) in [6.07, 6.45) is 5.09. The average molecular weight is 270 g/mol. The van der Waals surface area contributed by atoms with E-state index >= 15 is 0 Å². The molecule has 19 heavy (non-hydrogen) atoms. The highest BCUT2D eigenvalue weighted by Crippen LogP contribution is 2.20. The second-order valence-electron chi connectivity index (χ2n) is 5.75. The van der Waals surface area contributed by atoms with Crippen molar-refractivity contribution in [2.75, 3.05) is 6.54 Å². The third-order valence-corrected chi connectivity index (χ3v) is 3.91. The molecule has 5 nitrogen and oxygen atoms in total. The van der Waals surface area contributed by atoms with Crippen molar-refractivity contribution in [3.05, 3.63) is 0 Å². The predicted molar refractivity (Wildman–Crippen MR) is 74.0 cm³/mol. The molecule has 1 rings (SSSR count). The minimum Gasteiger partial charge on any atom is -0.481 e. The maximum absolute atomic E-state index is 11.5. The van der Waals surface area contributed by atoms with Crippen molar-refractivity contribution in [1.29, 1.82) is 0 Å². The van der Waals surface area contributed by atoms with E-state index in [1.807, 2.05) is 0 Å². The van der Waals surface area contributed by atoms with Crippen LogP contribution in [0, 0.1) is 11.8 Å². The summed E-state index contributed by atoms with van der Waals surface area (Å²) in [7, 11) is 0. The zero-order chi connectivity index (χ0) is 14.3. The van der Waals surface area contributed by atoms with Crippen molar-refractivity contribution >= 4 is 12.0 Å². The minimum atomic E-state index is -0.749. The van der Waals surface area contributed by atoms with Gasteiger partial charge in [-0.15, -0.1) is 0 Å². The monoisotopic (exact) mass is 270 g/mol. The first kappa shape index (κ1) is 15.8. The summed E-state index contributed by atoms with van der Waals surface area (Å²) in [6.45, 7) is 4.81. The molecule has 0 aromatic heterocycles. The molecule has 1 saturated carbocycles. The Morgan fingerprint density at radius 2 is 1.95 bits per heavy atom. The number of carbonyl (C=O) groups is 2. The lowest BCUT2D eigenvalue weighted by Crippen LogP contribution is -2.45. The van der Waals surface area contributed by atoms with Gasteiger partial charge in [0.1, 0.15) is 0 Å². The summed E-state index contributed by atoms with van der Waals surface area (Å²) in [5, 5.41) is 14.5. The molecule has 0 bridgehead atoms. The van der Waals surface area contributed by atoms with Crippen molar-refractivity contribution in [3.8, 4) is 0 Å². The maximum atomic E-state index is 11.5. The first-order valence-electron chi connectivity index (χ1n) is 7.25. The number of urea groups is 1. The molecular formula is C14H26N2O3. The van der Waals surface area contributed by atoms with E-state index in [1.54, 1.807) is 0 Å². The van der Waals surface area contributed by atoms with Gasteiger partial charge in [0.05, 0.1) is 0 Å². The van der Waals surface area contributed by atoms with Gasteiger partial charge in [-0.25, -0.2) is 4.79 Å². The Hall–Kier alpha value is -1.26. The van der Waals surface area contributed by atoms with E-state index in [0.717, 1.165) is 19.3 Å². The van der Waals surface area contributed by atoms with Crippen LogP contribution in [0.25, 0.3) is 0 Å². The fourth-order valence-corrected chi connectivity index (χ4v) is 2.28. The van der Waals surface area contributed by atoms with Gasteiger partial charge in [-0.2, -0.15) is 0 Å². The van der Waals surface area contributed by atoms with E-state index in [9.17, 15) is 9.59 Å². The summed E-state index contributed by atoms with van der Waals surface area (Å²) < 4.78 is 0. The first-order chi connectivity index (χ1) is 8.99. The number of rotatable bonds is 8. The lowest BCUT2D eigenvalue weighted by Gasteiger charge is -2.26. The number of aliphatic carboxylic acids is 1. The summed E-state index contributed by atoms with van der Waals surface area (Å²) in [5.74, 6) is 0.0391. The van der Waals surface area contributed by atoms with Gasteiger partial charge in [0.25, 0.3) is 0 Å². The van der Waals surface area contributed by atoms with Crippen molar-refractivity contribution in [2.45, 2.75) is 58.4 Å². The van der Waals surface area contributed by atoms with Crippen LogP contribution in [0.3, 0.4) is 0 Å². The van der Waals surface area contributed by atoms with Crippen molar-refractivity contribution < 1.29 is 14.7 Å². The Bertz CT molecular complexity index is 301. The Balaban J connectivity index is 2.15. The quantitative estimate of drug-likeness (QED) is 0.633. The molecule has 110 valence electrons. The SMILES string of the molecule is CC(C)C(CCNC(=O)NC1CCC1)CCC(=O)O. The third kappa shape index (κ3) is 6.45. The number of hydrogen-bond acceptors (Lipinski definition) is 2. The van der Waals surface area contributed by atoms with Crippen LogP contribution in [0.2, 0.25) is 0 Å². The smallest absolute Gasteiger partial charge is 0.315 e. The van der Waals surface area contributed by atoms with Crippen molar-refractivity contribution in [2.24, 2.45) is 11.8 Å². The van der Waals surface area contributed by atoms with Gasteiger partial charge >= 0.3 is 12.0 Å². The number of amides is 2. The zero-order valence-electron chi connectivity index (χ0n) is 11.9. The molecule has 1 aliphatic rings. The van der Waals surface area contributed by atoms with Gasteiger partial charge in [-0.3, -0.25) is 4.79 Å². The molecule has 1 unspecified atom stereocenters. The number of hydrogen-bond donors (Lipinski definition) is 3. The van der Waals surface area contributed by atoms with E-state index in [1.165, 1.54) is 6.42 Å². The minimum absolute atomic E-state index is 0.0922. The van der Waals surface area contributed by atoms with Crippen LogP contribution in [0.15, 0.2) is 0 Å².